The van der Waals surface area contributed by atoms with Crippen molar-refractivity contribution in [2.75, 3.05) is 5.43 Å². The molecule has 0 spiro atoms. The van der Waals surface area contributed by atoms with E-state index in [1.165, 1.54) is 12.1 Å². The number of hydrazone groups is 1. The van der Waals surface area contributed by atoms with Crippen LogP contribution in [-0.2, 0) is 0 Å². The van der Waals surface area contributed by atoms with Gasteiger partial charge in [0.1, 0.15) is 11.6 Å². The fourth-order valence-corrected chi connectivity index (χ4v) is 2.24. The lowest BCUT2D eigenvalue weighted by Gasteiger charge is -2.06. The van der Waals surface area contributed by atoms with Crippen LogP contribution < -0.4 is 5.43 Å². The van der Waals surface area contributed by atoms with E-state index in [4.69, 9.17) is 0 Å². The smallest absolute Gasteiger partial charge is 0.146 e. The van der Waals surface area contributed by atoms with Crippen LogP contribution in [0.5, 0.6) is 0 Å². The third kappa shape index (κ3) is 3.11. The summed E-state index contributed by atoms with van der Waals surface area (Å²) in [6.07, 6.45) is 0.742. The molecule has 3 rings (SSSR count). The highest BCUT2D eigenvalue weighted by Gasteiger charge is 2.02. The number of nitrogens with zero attached hydrogens (tertiary/aromatic N) is 2. The van der Waals surface area contributed by atoms with Gasteiger partial charge in [-0.1, -0.05) is 37.3 Å². The molecule has 22 heavy (non-hydrogen) atoms. The molecule has 0 radical (unpaired) electrons. The molecular weight excluding hydrogens is 277 g/mol. The summed E-state index contributed by atoms with van der Waals surface area (Å²) in [6, 6.07) is 18.2. The zero-order valence-corrected chi connectivity index (χ0v) is 12.3. The minimum absolute atomic E-state index is 0.247. The first kappa shape index (κ1) is 14.2. The van der Waals surface area contributed by atoms with Crippen molar-refractivity contribution in [1.82, 2.24) is 4.98 Å². The number of halogens is 1. The Hall–Kier alpha value is -2.75. The molecular formula is C18H16FN3. The van der Waals surface area contributed by atoms with Gasteiger partial charge in [-0.25, -0.2) is 9.37 Å². The highest BCUT2D eigenvalue weighted by Crippen LogP contribution is 2.15. The van der Waals surface area contributed by atoms with E-state index in [9.17, 15) is 4.39 Å². The molecule has 0 atom stereocenters. The number of nitrogens with one attached hydrogen (secondary N) is 1. The van der Waals surface area contributed by atoms with Crippen LogP contribution in [-0.4, -0.2) is 10.7 Å². The number of rotatable bonds is 4. The van der Waals surface area contributed by atoms with E-state index in [0.29, 0.717) is 5.82 Å². The van der Waals surface area contributed by atoms with Gasteiger partial charge >= 0.3 is 0 Å². The van der Waals surface area contributed by atoms with E-state index in [1.54, 1.807) is 12.1 Å². The summed E-state index contributed by atoms with van der Waals surface area (Å²) in [6.45, 7) is 2.01. The normalized spacial score (nSPS) is 11.6. The van der Waals surface area contributed by atoms with Gasteiger partial charge < -0.3 is 0 Å². The molecule has 4 heteroatoms. The van der Waals surface area contributed by atoms with Crippen molar-refractivity contribution >= 4 is 22.4 Å². The number of benzene rings is 2. The summed E-state index contributed by atoms with van der Waals surface area (Å²) in [5, 5.41) is 5.49. The molecule has 0 fully saturated rings. The Morgan fingerprint density at radius 2 is 1.82 bits per heavy atom. The van der Waals surface area contributed by atoms with Crippen LogP contribution in [0.4, 0.5) is 10.2 Å². The predicted octanol–water partition coefficient (Wildman–Crippen LogP) is 4.60. The van der Waals surface area contributed by atoms with Crippen LogP contribution in [0, 0.1) is 5.82 Å². The first-order valence-corrected chi connectivity index (χ1v) is 7.20. The summed E-state index contributed by atoms with van der Waals surface area (Å²) in [5.41, 5.74) is 5.66. The maximum Gasteiger partial charge on any atom is 0.146 e. The van der Waals surface area contributed by atoms with E-state index in [-0.39, 0.29) is 5.82 Å². The first-order valence-electron chi connectivity index (χ1n) is 7.20. The standard InChI is InChI=1S/C18H16FN3/c1-2-16(14-7-10-15(19)11-8-14)21-22-18-12-9-13-5-3-4-6-17(13)20-18/h3-12H,2H2,1H3,(H,20,22). The topological polar surface area (TPSA) is 37.3 Å². The van der Waals surface area contributed by atoms with Gasteiger partial charge in [-0.05, 0) is 42.3 Å². The quantitative estimate of drug-likeness (QED) is 0.564. The lowest BCUT2D eigenvalue weighted by Crippen LogP contribution is -2.04. The molecule has 0 aliphatic rings. The second-order valence-electron chi connectivity index (χ2n) is 4.92. The van der Waals surface area contributed by atoms with E-state index in [2.05, 4.69) is 15.5 Å². The molecule has 1 N–H and O–H groups in total. The average Bonchev–Trinajstić information content (AvgIpc) is 2.57. The van der Waals surface area contributed by atoms with Crippen LogP contribution in [0.1, 0.15) is 18.9 Å². The van der Waals surface area contributed by atoms with Crippen molar-refractivity contribution in [2.24, 2.45) is 5.10 Å². The van der Waals surface area contributed by atoms with E-state index < -0.39 is 0 Å². The Kier molecular flexibility index (Phi) is 4.10. The maximum atomic E-state index is 13.0. The Labute approximate surface area is 128 Å². The third-order valence-corrected chi connectivity index (χ3v) is 3.42. The Bertz CT molecular complexity index is 810. The van der Waals surface area contributed by atoms with E-state index in [1.807, 2.05) is 43.3 Å². The molecule has 0 amide bonds. The zero-order valence-electron chi connectivity index (χ0n) is 12.3. The van der Waals surface area contributed by atoms with Crippen molar-refractivity contribution in [3.8, 4) is 0 Å². The minimum Gasteiger partial charge on any atom is -0.261 e. The molecule has 0 unspecified atom stereocenters. The van der Waals surface area contributed by atoms with Gasteiger partial charge in [0.25, 0.3) is 0 Å². The van der Waals surface area contributed by atoms with Gasteiger partial charge in [0.05, 0.1) is 11.2 Å². The fraction of sp³-hybridized carbons (Fsp3) is 0.111. The van der Waals surface area contributed by atoms with Crippen molar-refractivity contribution in [2.45, 2.75) is 13.3 Å². The lowest BCUT2D eigenvalue weighted by molar-refractivity contribution is 0.627. The molecule has 3 nitrogen and oxygen atoms in total. The summed E-state index contributed by atoms with van der Waals surface area (Å²) in [5.74, 6) is 0.440. The van der Waals surface area contributed by atoms with Crippen LogP contribution in [0.3, 0.4) is 0 Å². The van der Waals surface area contributed by atoms with Gasteiger partial charge in [0, 0.05) is 5.39 Å². The molecule has 0 bridgehead atoms. The zero-order chi connectivity index (χ0) is 15.4. The van der Waals surface area contributed by atoms with Gasteiger partial charge in [-0.15, -0.1) is 0 Å². The highest BCUT2D eigenvalue weighted by molar-refractivity contribution is 6.00. The van der Waals surface area contributed by atoms with Crippen LogP contribution >= 0.6 is 0 Å². The van der Waals surface area contributed by atoms with Gasteiger partial charge in [-0.2, -0.15) is 5.10 Å². The summed E-state index contributed by atoms with van der Waals surface area (Å²) in [4.78, 5) is 4.51. The van der Waals surface area contributed by atoms with Crippen LogP contribution in [0.15, 0.2) is 65.8 Å². The summed E-state index contributed by atoms with van der Waals surface area (Å²) >= 11 is 0. The number of para-hydroxylation sites is 1. The molecule has 1 heterocycles. The van der Waals surface area contributed by atoms with Gasteiger partial charge in [0.15, 0.2) is 0 Å². The predicted molar refractivity (Wildman–Crippen MR) is 88.6 cm³/mol. The van der Waals surface area contributed by atoms with Crippen molar-refractivity contribution in [3.63, 3.8) is 0 Å². The maximum absolute atomic E-state index is 13.0. The molecule has 3 aromatic rings. The number of hydrogen-bond acceptors (Lipinski definition) is 3. The fourth-order valence-electron chi connectivity index (χ4n) is 2.24. The second-order valence-corrected chi connectivity index (χ2v) is 4.92. The summed E-state index contributed by atoms with van der Waals surface area (Å²) in [7, 11) is 0. The minimum atomic E-state index is -0.247. The van der Waals surface area contributed by atoms with Crippen molar-refractivity contribution < 1.29 is 4.39 Å². The Morgan fingerprint density at radius 1 is 1.05 bits per heavy atom. The lowest BCUT2D eigenvalue weighted by atomic mass is 10.1. The van der Waals surface area contributed by atoms with Gasteiger partial charge in [-0.3, -0.25) is 5.43 Å². The molecule has 0 saturated carbocycles. The van der Waals surface area contributed by atoms with Crippen molar-refractivity contribution in [1.29, 1.82) is 0 Å². The van der Waals surface area contributed by atoms with Crippen LogP contribution in [0.2, 0.25) is 0 Å². The molecule has 2 aromatic carbocycles. The van der Waals surface area contributed by atoms with Crippen LogP contribution in [0.25, 0.3) is 10.9 Å². The van der Waals surface area contributed by atoms with E-state index >= 15 is 0 Å². The molecule has 1 aromatic heterocycles. The SMILES string of the molecule is CCC(=NNc1ccc2ccccc2n1)c1ccc(F)cc1. The Balaban J connectivity index is 1.84. The molecule has 0 aliphatic heterocycles. The third-order valence-electron chi connectivity index (χ3n) is 3.42. The number of hydrogen-bond donors (Lipinski definition) is 1. The number of pyridine rings is 1. The number of aromatic nitrogens is 1. The highest BCUT2D eigenvalue weighted by atomic mass is 19.1. The molecule has 110 valence electrons. The molecule has 0 aliphatic carbocycles. The Morgan fingerprint density at radius 3 is 2.59 bits per heavy atom. The summed E-state index contributed by atoms with van der Waals surface area (Å²) < 4.78 is 13.0. The first-order chi connectivity index (χ1) is 10.8. The molecule has 0 saturated heterocycles. The largest absolute Gasteiger partial charge is 0.261 e. The second kappa shape index (κ2) is 6.35. The monoisotopic (exact) mass is 293 g/mol. The van der Waals surface area contributed by atoms with Gasteiger partial charge in [0.2, 0.25) is 0 Å². The number of anilines is 1. The van der Waals surface area contributed by atoms with E-state index in [0.717, 1.165) is 28.6 Å². The average molecular weight is 293 g/mol. The number of fused-ring (bicyclic) bond motifs is 1. The van der Waals surface area contributed by atoms with Crippen molar-refractivity contribution in [3.05, 3.63) is 72.0 Å².